The van der Waals surface area contributed by atoms with Gasteiger partial charge in [0.05, 0.1) is 40.0 Å². The van der Waals surface area contributed by atoms with Gasteiger partial charge in [0.1, 0.15) is 5.60 Å². The van der Waals surface area contributed by atoms with E-state index in [1.165, 1.54) is 12.4 Å². The van der Waals surface area contributed by atoms with Gasteiger partial charge >= 0.3 is 12.1 Å². The molecule has 0 spiro atoms. The average Bonchev–Trinajstić information content (AvgIpc) is 3.04. The first-order chi connectivity index (χ1) is 14.4. The smallest absolute Gasteiger partial charge is 0.410 e. The molecule has 8 heteroatoms. The molecule has 0 radical (unpaired) electrons. The zero-order valence-electron chi connectivity index (χ0n) is 19.6. The summed E-state index contributed by atoms with van der Waals surface area (Å²) in [5.74, 6) is -0.361. The molecular formula is C23H34N2O5Si. The van der Waals surface area contributed by atoms with E-state index in [1.807, 2.05) is 32.9 Å². The van der Waals surface area contributed by atoms with Crippen molar-refractivity contribution in [2.75, 3.05) is 26.9 Å². The Labute approximate surface area is 185 Å². The SMILES string of the molecule is COC(=O)c1ccc2[nH]c([Si](C)(C)C)c(C[C@H]3COCCN3C(=O)OC(C)(C)C)c2c1. The second-order valence-corrected chi connectivity index (χ2v) is 15.1. The molecule has 2 heterocycles. The number of amides is 1. The lowest BCUT2D eigenvalue weighted by Gasteiger charge is -2.37. The van der Waals surface area contributed by atoms with Gasteiger partial charge < -0.3 is 24.1 Å². The molecular weight excluding hydrogens is 412 g/mol. The molecule has 1 aliphatic rings. The van der Waals surface area contributed by atoms with E-state index < -0.39 is 13.7 Å². The van der Waals surface area contributed by atoms with E-state index in [-0.39, 0.29) is 18.1 Å². The molecule has 31 heavy (non-hydrogen) atoms. The topological polar surface area (TPSA) is 80.9 Å². The van der Waals surface area contributed by atoms with Gasteiger partial charge in [-0.2, -0.15) is 0 Å². The number of hydrogen-bond donors (Lipinski definition) is 1. The number of esters is 1. The van der Waals surface area contributed by atoms with Crippen molar-refractivity contribution in [1.82, 2.24) is 9.88 Å². The number of morpholine rings is 1. The van der Waals surface area contributed by atoms with E-state index >= 15 is 0 Å². The number of rotatable bonds is 4. The Bertz CT molecular complexity index is 971. The predicted octanol–water partition coefficient (Wildman–Crippen LogP) is 3.68. The van der Waals surface area contributed by atoms with Gasteiger partial charge in [-0.15, -0.1) is 0 Å². The molecule has 3 rings (SSSR count). The van der Waals surface area contributed by atoms with Crippen LogP contribution >= 0.6 is 0 Å². The van der Waals surface area contributed by atoms with Crippen LogP contribution in [0.3, 0.4) is 0 Å². The van der Waals surface area contributed by atoms with Crippen LogP contribution < -0.4 is 5.32 Å². The fourth-order valence-electron chi connectivity index (χ4n) is 3.97. The van der Waals surface area contributed by atoms with Crippen molar-refractivity contribution in [2.24, 2.45) is 0 Å². The van der Waals surface area contributed by atoms with Crippen molar-refractivity contribution >= 4 is 36.4 Å². The number of ether oxygens (including phenoxy) is 3. The first-order valence-corrected chi connectivity index (χ1v) is 14.2. The number of aromatic amines is 1. The number of H-pyrrole nitrogens is 1. The molecule has 1 atom stereocenters. The second kappa shape index (κ2) is 8.67. The highest BCUT2D eigenvalue weighted by molar-refractivity contribution is 6.88. The van der Waals surface area contributed by atoms with E-state index in [0.717, 1.165) is 16.5 Å². The summed E-state index contributed by atoms with van der Waals surface area (Å²) in [5.41, 5.74) is 2.09. The number of benzene rings is 1. The van der Waals surface area contributed by atoms with Crippen LogP contribution in [0.5, 0.6) is 0 Å². The van der Waals surface area contributed by atoms with Crippen molar-refractivity contribution in [2.45, 2.75) is 58.5 Å². The van der Waals surface area contributed by atoms with Gasteiger partial charge in [0.25, 0.3) is 0 Å². The maximum Gasteiger partial charge on any atom is 0.410 e. The van der Waals surface area contributed by atoms with E-state index in [9.17, 15) is 9.59 Å². The van der Waals surface area contributed by atoms with Crippen molar-refractivity contribution in [3.8, 4) is 0 Å². The molecule has 1 fully saturated rings. The zero-order chi connectivity index (χ0) is 23.0. The van der Waals surface area contributed by atoms with E-state index in [1.54, 1.807) is 11.0 Å². The minimum absolute atomic E-state index is 0.139. The first-order valence-electron chi connectivity index (χ1n) is 10.7. The Morgan fingerprint density at radius 3 is 2.58 bits per heavy atom. The van der Waals surface area contributed by atoms with Crippen molar-refractivity contribution < 1.29 is 23.8 Å². The number of carbonyl (C=O) groups is 2. The summed E-state index contributed by atoms with van der Waals surface area (Å²) >= 11 is 0. The molecule has 2 aromatic rings. The summed E-state index contributed by atoms with van der Waals surface area (Å²) in [4.78, 5) is 30.4. The molecule has 170 valence electrons. The third-order valence-corrected chi connectivity index (χ3v) is 7.30. The van der Waals surface area contributed by atoms with Crippen molar-refractivity contribution in [3.05, 3.63) is 29.3 Å². The van der Waals surface area contributed by atoms with Crippen LogP contribution in [-0.2, 0) is 20.6 Å². The molecule has 1 N–H and O–H groups in total. The molecule has 1 amide bonds. The monoisotopic (exact) mass is 446 g/mol. The quantitative estimate of drug-likeness (QED) is 0.572. The Morgan fingerprint density at radius 1 is 1.26 bits per heavy atom. The summed E-state index contributed by atoms with van der Waals surface area (Å²) in [7, 11) is -0.348. The second-order valence-electron chi connectivity index (χ2n) is 10.1. The van der Waals surface area contributed by atoms with Gasteiger partial charge in [-0.1, -0.05) is 19.6 Å². The first kappa shape index (κ1) is 23.3. The average molecular weight is 447 g/mol. The molecule has 1 aromatic heterocycles. The highest BCUT2D eigenvalue weighted by Crippen LogP contribution is 2.26. The Kier molecular flexibility index (Phi) is 6.52. The fraction of sp³-hybridized carbons (Fsp3) is 0.565. The van der Waals surface area contributed by atoms with Crippen LogP contribution in [0.25, 0.3) is 10.9 Å². The van der Waals surface area contributed by atoms with Gasteiger partial charge in [0.15, 0.2) is 0 Å². The lowest BCUT2D eigenvalue weighted by Crippen LogP contribution is -2.52. The van der Waals surface area contributed by atoms with E-state index in [0.29, 0.717) is 31.7 Å². The van der Waals surface area contributed by atoms with Gasteiger partial charge in [-0.05, 0) is 51.0 Å². The number of nitrogens with one attached hydrogen (secondary N) is 1. The fourth-order valence-corrected chi connectivity index (χ4v) is 5.62. The van der Waals surface area contributed by atoms with Crippen LogP contribution in [-0.4, -0.2) is 68.5 Å². The molecule has 0 bridgehead atoms. The normalized spacial score (nSPS) is 17.6. The predicted molar refractivity (Wildman–Crippen MR) is 124 cm³/mol. The third-order valence-electron chi connectivity index (χ3n) is 5.37. The Hall–Kier alpha value is -2.32. The maximum absolute atomic E-state index is 12.9. The number of aromatic nitrogens is 1. The van der Waals surface area contributed by atoms with Crippen LogP contribution in [0.4, 0.5) is 4.79 Å². The zero-order valence-corrected chi connectivity index (χ0v) is 20.6. The van der Waals surface area contributed by atoms with Gasteiger partial charge in [-0.25, -0.2) is 9.59 Å². The van der Waals surface area contributed by atoms with E-state index in [4.69, 9.17) is 14.2 Å². The molecule has 0 aliphatic carbocycles. The highest BCUT2D eigenvalue weighted by Gasteiger charge is 2.34. The van der Waals surface area contributed by atoms with Crippen LogP contribution in [0.15, 0.2) is 18.2 Å². The standard InChI is InChI=1S/C23H34N2O5Si/c1-23(2,3)30-22(27)25-10-11-29-14-16(25)13-18-17-12-15(21(26)28-4)8-9-19(17)24-20(18)31(5,6)7/h8-9,12,16,24H,10-11,13-14H2,1-7H3/t16-/m0/s1. The summed E-state index contributed by atoms with van der Waals surface area (Å²) < 4.78 is 16.3. The summed E-state index contributed by atoms with van der Waals surface area (Å²) in [6.45, 7) is 13.9. The Balaban J connectivity index is 2.02. The molecule has 1 aliphatic heterocycles. The number of hydrogen-bond acceptors (Lipinski definition) is 5. The van der Waals surface area contributed by atoms with Gasteiger partial charge in [0, 0.05) is 22.8 Å². The van der Waals surface area contributed by atoms with Crippen molar-refractivity contribution in [1.29, 1.82) is 0 Å². The van der Waals surface area contributed by atoms with E-state index in [2.05, 4.69) is 24.6 Å². The van der Waals surface area contributed by atoms with Crippen LogP contribution in [0.2, 0.25) is 19.6 Å². The largest absolute Gasteiger partial charge is 0.465 e. The summed E-state index contributed by atoms with van der Waals surface area (Å²) in [6, 6.07) is 5.45. The molecule has 0 saturated carbocycles. The van der Waals surface area contributed by atoms with Gasteiger partial charge in [-0.3, -0.25) is 0 Å². The molecule has 7 nitrogen and oxygen atoms in total. The maximum atomic E-state index is 12.9. The molecule has 0 unspecified atom stereocenters. The Morgan fingerprint density at radius 2 is 1.97 bits per heavy atom. The number of carbonyl (C=O) groups excluding carboxylic acids is 2. The number of fused-ring (bicyclic) bond motifs is 1. The lowest BCUT2D eigenvalue weighted by atomic mass is 10.0. The summed E-state index contributed by atoms with van der Waals surface area (Å²) in [5, 5.41) is 2.22. The van der Waals surface area contributed by atoms with Crippen molar-refractivity contribution in [3.63, 3.8) is 0 Å². The third kappa shape index (κ3) is 5.30. The molecule has 1 saturated heterocycles. The van der Waals surface area contributed by atoms with Crippen LogP contribution in [0.1, 0.15) is 36.7 Å². The minimum atomic E-state index is -1.73. The number of nitrogens with zero attached hydrogens (tertiary/aromatic N) is 1. The highest BCUT2D eigenvalue weighted by atomic mass is 28.3. The number of methoxy groups -OCH3 is 1. The van der Waals surface area contributed by atoms with Gasteiger partial charge in [0.2, 0.25) is 0 Å². The molecule has 1 aromatic carbocycles. The minimum Gasteiger partial charge on any atom is -0.465 e. The van der Waals surface area contributed by atoms with Crippen LogP contribution in [0, 0.1) is 0 Å². The lowest BCUT2D eigenvalue weighted by molar-refractivity contribution is -0.0318. The summed E-state index contributed by atoms with van der Waals surface area (Å²) in [6.07, 6.45) is 0.314.